The lowest BCUT2D eigenvalue weighted by Gasteiger charge is -2.56. The summed E-state index contributed by atoms with van der Waals surface area (Å²) in [4.78, 5) is 0. The molecule has 3 rings (SSSR count). The van der Waals surface area contributed by atoms with E-state index in [1.54, 1.807) is 77.0 Å². The molecule has 0 bridgehead atoms. The van der Waals surface area contributed by atoms with Crippen molar-refractivity contribution in [3.63, 3.8) is 0 Å². The van der Waals surface area contributed by atoms with Gasteiger partial charge in [-0.1, -0.05) is 162 Å². The molecule has 23 heavy (non-hydrogen) atoms. The Morgan fingerprint density at radius 1 is 0.435 bits per heavy atom. The fourth-order valence-corrected chi connectivity index (χ4v) is 56.4. The van der Waals surface area contributed by atoms with Crippen molar-refractivity contribution in [2.24, 2.45) is 0 Å². The predicted octanol–water partition coefficient (Wildman–Crippen LogP) is 8.76. The predicted molar refractivity (Wildman–Crippen MR) is 134 cm³/mol. The fraction of sp³-hybridized carbons (Fsp3) is 1.00. The smallest absolute Gasteiger partial charge is 0.0946 e. The van der Waals surface area contributed by atoms with Gasteiger partial charge in [-0.05, 0) is 16.6 Å². The van der Waals surface area contributed by atoms with Gasteiger partial charge in [0.25, 0.3) is 0 Å². The quantitative estimate of drug-likeness (QED) is 0.158. The van der Waals surface area contributed by atoms with E-state index in [0.29, 0.717) is 0 Å². The summed E-state index contributed by atoms with van der Waals surface area (Å²) < 4.78 is -1.15. The standard InChI is InChI=1S/C18H33I3Si2/c19-23(20,21)22(16-10-4-1-5-11-16,17-12-6-2-7-13-17)18-14-8-3-9-15-18/h16-18H,1-15H2. The highest BCUT2D eigenvalue weighted by Gasteiger charge is 2.63. The van der Waals surface area contributed by atoms with Crippen molar-refractivity contribution in [2.75, 3.05) is 0 Å². The van der Waals surface area contributed by atoms with E-state index in [9.17, 15) is 0 Å². The summed E-state index contributed by atoms with van der Waals surface area (Å²) in [5.41, 5.74) is 3.62. The first-order chi connectivity index (χ1) is 11.1. The second kappa shape index (κ2) is 9.21. The van der Waals surface area contributed by atoms with E-state index in [2.05, 4.69) is 65.4 Å². The van der Waals surface area contributed by atoms with Crippen LogP contribution in [0.3, 0.4) is 0 Å². The van der Waals surface area contributed by atoms with Crippen LogP contribution < -0.4 is 0 Å². The van der Waals surface area contributed by atoms with E-state index in [1.807, 2.05) is 0 Å². The van der Waals surface area contributed by atoms with Crippen molar-refractivity contribution >= 4 is 73.1 Å². The average molecular weight is 686 g/mol. The van der Waals surface area contributed by atoms with Gasteiger partial charge in [0.05, 0.1) is 7.59 Å². The molecular weight excluding hydrogens is 653 g/mol. The van der Waals surface area contributed by atoms with Crippen LogP contribution in [0, 0.1) is 0 Å². The molecule has 3 aliphatic rings. The summed E-state index contributed by atoms with van der Waals surface area (Å²) in [7, 11) is -1.20. The molecular formula is C18H33I3Si2. The van der Waals surface area contributed by atoms with Crippen LogP contribution in [0.25, 0.3) is 0 Å². The molecule has 0 aromatic rings. The Morgan fingerprint density at radius 2 is 0.696 bits per heavy atom. The zero-order valence-corrected chi connectivity index (χ0v) is 22.9. The molecule has 0 amide bonds. The van der Waals surface area contributed by atoms with Crippen molar-refractivity contribution < 1.29 is 0 Å². The van der Waals surface area contributed by atoms with E-state index in [1.165, 1.54) is 35.9 Å². The van der Waals surface area contributed by atoms with Crippen molar-refractivity contribution in [3.8, 4) is 0 Å². The molecule has 3 aliphatic carbocycles. The molecule has 0 radical (unpaired) electrons. The number of hydrogen-bond acceptors (Lipinski definition) is 0. The third kappa shape index (κ3) is 4.38. The Hall–Kier alpha value is 2.62. The molecule has 0 aromatic carbocycles. The lowest BCUT2D eigenvalue weighted by Crippen LogP contribution is -2.62. The van der Waals surface area contributed by atoms with Gasteiger partial charge >= 0.3 is 0 Å². The minimum atomic E-state index is -1.20. The van der Waals surface area contributed by atoms with E-state index in [-0.39, 0.29) is 0 Å². The van der Waals surface area contributed by atoms with E-state index < -0.39 is 7.67 Å². The molecule has 5 heteroatoms. The van der Waals surface area contributed by atoms with Gasteiger partial charge in [-0.2, -0.15) is 0 Å². The first kappa shape index (κ1) is 20.4. The maximum Gasteiger partial charge on any atom is 0.242 e. The van der Waals surface area contributed by atoms with Crippen LogP contribution in [0.2, 0.25) is 16.6 Å². The molecule has 0 N–H and O–H groups in total. The monoisotopic (exact) mass is 686 g/mol. The zero-order valence-electron chi connectivity index (χ0n) is 14.5. The third-order valence-electron chi connectivity index (χ3n) is 7.33. The molecule has 0 atom stereocenters. The zero-order chi connectivity index (χ0) is 16.3. The summed E-state index contributed by atoms with van der Waals surface area (Å²) in [6.07, 6.45) is 23.8. The Kier molecular flexibility index (Phi) is 8.15. The maximum atomic E-state index is 3.07. The summed E-state index contributed by atoms with van der Waals surface area (Å²) in [6.45, 7) is 0. The Morgan fingerprint density at radius 3 is 0.913 bits per heavy atom. The van der Waals surface area contributed by atoms with Gasteiger partial charge in [0.1, 0.15) is 0 Å². The van der Waals surface area contributed by atoms with Crippen LogP contribution >= 0.6 is 65.4 Å². The SMILES string of the molecule is I[Si](I)(I)[Si](C1CCCCC1)(C1CCCCC1)C1CCCCC1. The normalized spacial score (nSPS) is 27.3. The first-order valence-electron chi connectivity index (χ1n) is 10.1. The van der Waals surface area contributed by atoms with Crippen molar-refractivity contribution in [2.45, 2.75) is 113 Å². The molecule has 0 heterocycles. The maximum absolute atomic E-state index is 3.07. The van der Waals surface area contributed by atoms with Gasteiger partial charge in [-0.25, -0.2) is 0 Å². The number of halogens is 3. The lowest BCUT2D eigenvalue weighted by molar-refractivity contribution is 0.424. The third-order valence-corrected chi connectivity index (χ3v) is 45.9. The highest BCUT2D eigenvalue weighted by atomic mass is 127. The summed E-state index contributed by atoms with van der Waals surface area (Å²) in [5, 5.41) is 0. The van der Waals surface area contributed by atoms with Crippen molar-refractivity contribution in [1.29, 1.82) is 0 Å². The topological polar surface area (TPSA) is 0 Å². The molecule has 0 spiro atoms. The minimum absolute atomic E-state index is 1.15. The van der Waals surface area contributed by atoms with Gasteiger partial charge in [0.2, 0.25) is 0.0813 Å². The summed E-state index contributed by atoms with van der Waals surface area (Å²) in [6, 6.07) is 0. The van der Waals surface area contributed by atoms with Gasteiger partial charge in [0.15, 0.2) is 0 Å². The Bertz CT molecular complexity index is 319. The van der Waals surface area contributed by atoms with E-state index in [4.69, 9.17) is 0 Å². The highest BCUT2D eigenvalue weighted by molar-refractivity contribution is 14.4. The average Bonchev–Trinajstić information content (AvgIpc) is 2.57. The molecule has 0 aromatic heterocycles. The van der Waals surface area contributed by atoms with Crippen LogP contribution in [-0.2, 0) is 0 Å². The Labute approximate surface area is 183 Å². The summed E-state index contributed by atoms with van der Waals surface area (Å²) >= 11 is 9.22. The van der Waals surface area contributed by atoms with Gasteiger partial charge in [-0.3, -0.25) is 0 Å². The second-order valence-electron chi connectivity index (χ2n) is 8.44. The van der Waals surface area contributed by atoms with Crippen LogP contribution in [0.5, 0.6) is 0 Å². The van der Waals surface area contributed by atoms with Crippen LogP contribution in [0.1, 0.15) is 96.3 Å². The van der Waals surface area contributed by atoms with E-state index >= 15 is 0 Å². The molecule has 0 aliphatic heterocycles. The fourth-order valence-electron chi connectivity index (χ4n) is 6.44. The molecule has 0 unspecified atom stereocenters. The van der Waals surface area contributed by atoms with Gasteiger partial charge in [-0.15, -0.1) is 0 Å². The number of rotatable bonds is 4. The molecule has 3 saturated carbocycles. The summed E-state index contributed by atoms with van der Waals surface area (Å²) in [5.74, 6) is 0. The van der Waals surface area contributed by atoms with Crippen LogP contribution in [-0.4, -0.2) is 7.67 Å². The Balaban J connectivity index is 1.99. The first-order valence-corrected chi connectivity index (χ1v) is 24.7. The largest absolute Gasteiger partial charge is 0.242 e. The molecule has 134 valence electrons. The molecule has 0 saturated heterocycles. The second-order valence-corrected chi connectivity index (χ2v) is 60.9. The lowest BCUT2D eigenvalue weighted by atomic mass is 9.98. The van der Waals surface area contributed by atoms with Crippen molar-refractivity contribution in [3.05, 3.63) is 0 Å². The minimum Gasteiger partial charge on any atom is -0.0946 e. The number of hydrogen-bond donors (Lipinski definition) is 0. The molecule has 3 fully saturated rings. The van der Waals surface area contributed by atoms with E-state index in [0.717, 1.165) is 0 Å². The van der Waals surface area contributed by atoms with Crippen LogP contribution in [0.15, 0.2) is 0 Å². The highest BCUT2D eigenvalue weighted by Crippen LogP contribution is 2.64. The molecule has 0 nitrogen and oxygen atoms in total. The van der Waals surface area contributed by atoms with Gasteiger partial charge < -0.3 is 0 Å². The van der Waals surface area contributed by atoms with Gasteiger partial charge in [0, 0.05) is 0 Å². The van der Waals surface area contributed by atoms with Crippen LogP contribution in [0.4, 0.5) is 0 Å². The van der Waals surface area contributed by atoms with Crippen molar-refractivity contribution in [1.82, 2.24) is 0 Å².